The summed E-state index contributed by atoms with van der Waals surface area (Å²) in [6, 6.07) is 9.62. The van der Waals surface area contributed by atoms with E-state index in [1.54, 1.807) is 0 Å². The smallest absolute Gasteiger partial charge is 0.323 e. The van der Waals surface area contributed by atoms with Gasteiger partial charge in [-0.2, -0.15) is 0 Å². The summed E-state index contributed by atoms with van der Waals surface area (Å²) in [7, 11) is 0. The normalized spacial score (nSPS) is 23.5. The SMILES string of the molecule is CCC1CCCCC1OC(=O)C(N)CCc1ccccc1. The molecular weight excluding hydrogens is 262 g/mol. The molecule has 1 aliphatic carbocycles. The van der Waals surface area contributed by atoms with Crippen LogP contribution < -0.4 is 5.73 Å². The number of carbonyl (C=O) groups is 1. The lowest BCUT2D eigenvalue weighted by Crippen LogP contribution is -2.38. The number of hydrogen-bond acceptors (Lipinski definition) is 3. The van der Waals surface area contributed by atoms with Gasteiger partial charge in [0.1, 0.15) is 12.1 Å². The third-order valence-corrected chi connectivity index (χ3v) is 4.52. The van der Waals surface area contributed by atoms with Crippen molar-refractivity contribution in [1.82, 2.24) is 0 Å². The Bertz CT molecular complexity index is 432. The second kappa shape index (κ2) is 8.18. The minimum absolute atomic E-state index is 0.0824. The summed E-state index contributed by atoms with van der Waals surface area (Å²) in [4.78, 5) is 12.1. The van der Waals surface area contributed by atoms with Crippen molar-refractivity contribution in [2.24, 2.45) is 11.7 Å². The maximum Gasteiger partial charge on any atom is 0.323 e. The molecule has 3 nitrogen and oxygen atoms in total. The van der Waals surface area contributed by atoms with Crippen molar-refractivity contribution >= 4 is 5.97 Å². The molecule has 3 heteroatoms. The number of rotatable bonds is 6. The number of carbonyl (C=O) groups excluding carboxylic acids is 1. The average Bonchev–Trinajstić information content (AvgIpc) is 2.54. The van der Waals surface area contributed by atoms with Gasteiger partial charge in [-0.15, -0.1) is 0 Å². The molecule has 1 aliphatic rings. The topological polar surface area (TPSA) is 52.3 Å². The molecule has 0 aromatic heterocycles. The molecule has 3 unspecified atom stereocenters. The lowest BCUT2D eigenvalue weighted by atomic mass is 9.85. The zero-order chi connectivity index (χ0) is 15.1. The standard InChI is InChI=1S/C18H27NO2/c1-2-15-10-6-7-11-17(15)21-18(20)16(19)13-12-14-8-4-3-5-9-14/h3-5,8-9,15-17H,2,6-7,10-13,19H2,1H3. The van der Waals surface area contributed by atoms with Crippen LogP contribution >= 0.6 is 0 Å². The van der Waals surface area contributed by atoms with Crippen LogP contribution in [0.4, 0.5) is 0 Å². The maximum atomic E-state index is 12.1. The summed E-state index contributed by atoms with van der Waals surface area (Å²) < 4.78 is 5.68. The van der Waals surface area contributed by atoms with Gasteiger partial charge in [0.25, 0.3) is 0 Å². The molecule has 0 saturated heterocycles. The van der Waals surface area contributed by atoms with E-state index in [-0.39, 0.29) is 12.1 Å². The van der Waals surface area contributed by atoms with Gasteiger partial charge >= 0.3 is 5.97 Å². The van der Waals surface area contributed by atoms with Gasteiger partial charge in [-0.1, -0.05) is 43.7 Å². The highest BCUT2D eigenvalue weighted by Crippen LogP contribution is 2.29. The molecule has 0 heterocycles. The molecule has 3 atom stereocenters. The van der Waals surface area contributed by atoms with Crippen molar-refractivity contribution in [1.29, 1.82) is 0 Å². The van der Waals surface area contributed by atoms with Gasteiger partial charge in [-0.25, -0.2) is 0 Å². The highest BCUT2D eigenvalue weighted by molar-refractivity contribution is 5.75. The second-order valence-corrected chi connectivity index (χ2v) is 6.06. The Morgan fingerprint density at radius 2 is 2.00 bits per heavy atom. The number of ether oxygens (including phenoxy) is 1. The zero-order valence-corrected chi connectivity index (χ0v) is 13.0. The molecule has 1 saturated carbocycles. The van der Waals surface area contributed by atoms with Gasteiger partial charge in [0, 0.05) is 0 Å². The summed E-state index contributed by atoms with van der Waals surface area (Å²) in [5.41, 5.74) is 7.21. The molecule has 2 rings (SSSR count). The van der Waals surface area contributed by atoms with E-state index in [0.717, 1.165) is 25.7 Å². The first-order chi connectivity index (χ1) is 10.2. The van der Waals surface area contributed by atoms with Crippen LogP contribution in [0.5, 0.6) is 0 Å². The number of aryl methyl sites for hydroxylation is 1. The molecule has 0 radical (unpaired) electrons. The van der Waals surface area contributed by atoms with E-state index in [1.807, 2.05) is 18.2 Å². The predicted octanol–water partition coefficient (Wildman–Crippen LogP) is 3.46. The predicted molar refractivity (Wildman–Crippen MR) is 84.9 cm³/mol. The van der Waals surface area contributed by atoms with Crippen molar-refractivity contribution in [3.63, 3.8) is 0 Å². The van der Waals surface area contributed by atoms with Crippen LogP contribution in [-0.2, 0) is 16.0 Å². The van der Waals surface area contributed by atoms with Crippen molar-refractivity contribution < 1.29 is 9.53 Å². The van der Waals surface area contributed by atoms with E-state index in [4.69, 9.17) is 10.5 Å². The Kier molecular flexibility index (Phi) is 6.24. The summed E-state index contributed by atoms with van der Waals surface area (Å²) in [6.07, 6.45) is 7.21. The number of esters is 1. The van der Waals surface area contributed by atoms with E-state index in [9.17, 15) is 4.79 Å². The minimum Gasteiger partial charge on any atom is -0.461 e. The van der Waals surface area contributed by atoms with Crippen molar-refractivity contribution in [3.05, 3.63) is 35.9 Å². The van der Waals surface area contributed by atoms with Gasteiger partial charge in [0.05, 0.1) is 0 Å². The molecule has 0 bridgehead atoms. The fraction of sp³-hybridized carbons (Fsp3) is 0.611. The van der Waals surface area contributed by atoms with Crippen LogP contribution in [-0.4, -0.2) is 18.1 Å². The molecule has 0 aliphatic heterocycles. The van der Waals surface area contributed by atoms with Crippen molar-refractivity contribution in [2.75, 3.05) is 0 Å². The monoisotopic (exact) mass is 289 g/mol. The fourth-order valence-corrected chi connectivity index (χ4v) is 3.12. The minimum atomic E-state index is -0.510. The first-order valence-corrected chi connectivity index (χ1v) is 8.20. The van der Waals surface area contributed by atoms with Gasteiger partial charge in [-0.3, -0.25) is 4.79 Å². The van der Waals surface area contributed by atoms with E-state index in [0.29, 0.717) is 12.3 Å². The van der Waals surface area contributed by atoms with E-state index in [2.05, 4.69) is 19.1 Å². The van der Waals surface area contributed by atoms with Gasteiger partial charge < -0.3 is 10.5 Å². The third-order valence-electron chi connectivity index (χ3n) is 4.52. The summed E-state index contributed by atoms with van der Waals surface area (Å²) in [5, 5.41) is 0. The second-order valence-electron chi connectivity index (χ2n) is 6.06. The highest BCUT2D eigenvalue weighted by atomic mass is 16.5. The number of nitrogens with two attached hydrogens (primary N) is 1. The maximum absolute atomic E-state index is 12.1. The number of hydrogen-bond donors (Lipinski definition) is 1. The molecule has 1 fully saturated rings. The fourth-order valence-electron chi connectivity index (χ4n) is 3.12. The van der Waals surface area contributed by atoms with Gasteiger partial charge in [0.15, 0.2) is 0 Å². The average molecular weight is 289 g/mol. The molecule has 0 amide bonds. The molecule has 0 spiro atoms. The summed E-state index contributed by atoms with van der Waals surface area (Å²) >= 11 is 0. The van der Waals surface area contributed by atoms with Crippen LogP contribution in [0.1, 0.15) is 51.0 Å². The zero-order valence-electron chi connectivity index (χ0n) is 13.0. The molecule has 1 aromatic carbocycles. The van der Waals surface area contributed by atoms with Crippen LogP contribution in [0.2, 0.25) is 0 Å². The van der Waals surface area contributed by atoms with Crippen LogP contribution in [0, 0.1) is 5.92 Å². The molecule has 21 heavy (non-hydrogen) atoms. The quantitative estimate of drug-likeness (QED) is 0.816. The first-order valence-electron chi connectivity index (χ1n) is 8.20. The summed E-state index contributed by atoms with van der Waals surface area (Å²) in [6.45, 7) is 2.17. The summed E-state index contributed by atoms with van der Waals surface area (Å²) in [5.74, 6) is 0.292. The Balaban J connectivity index is 1.79. The van der Waals surface area contributed by atoms with E-state index < -0.39 is 6.04 Å². The Morgan fingerprint density at radius 1 is 1.29 bits per heavy atom. The van der Waals surface area contributed by atoms with E-state index in [1.165, 1.54) is 18.4 Å². The van der Waals surface area contributed by atoms with Crippen molar-refractivity contribution in [3.8, 4) is 0 Å². The Morgan fingerprint density at radius 3 is 2.71 bits per heavy atom. The molecule has 116 valence electrons. The van der Waals surface area contributed by atoms with Crippen LogP contribution in [0.3, 0.4) is 0 Å². The third kappa shape index (κ3) is 4.85. The molecule has 1 aromatic rings. The number of benzene rings is 1. The largest absolute Gasteiger partial charge is 0.461 e. The lowest BCUT2D eigenvalue weighted by molar-refractivity contribution is -0.155. The van der Waals surface area contributed by atoms with E-state index >= 15 is 0 Å². The highest BCUT2D eigenvalue weighted by Gasteiger charge is 2.28. The van der Waals surface area contributed by atoms with Gasteiger partial charge in [-0.05, 0) is 50.0 Å². The Labute approximate surface area is 127 Å². The van der Waals surface area contributed by atoms with Crippen molar-refractivity contribution in [2.45, 2.75) is 64.0 Å². The van der Waals surface area contributed by atoms with Crippen LogP contribution in [0.25, 0.3) is 0 Å². The Hall–Kier alpha value is -1.35. The first kappa shape index (κ1) is 16.0. The van der Waals surface area contributed by atoms with Gasteiger partial charge in [0.2, 0.25) is 0 Å². The molecule has 2 N–H and O–H groups in total. The lowest BCUT2D eigenvalue weighted by Gasteiger charge is -2.31. The molecular formula is C18H27NO2. The van der Waals surface area contributed by atoms with Crippen LogP contribution in [0.15, 0.2) is 30.3 Å².